The van der Waals surface area contributed by atoms with Crippen molar-refractivity contribution in [3.8, 4) is 0 Å². The van der Waals surface area contributed by atoms with Gasteiger partial charge in [-0.15, -0.1) is 0 Å². The zero-order valence-corrected chi connectivity index (χ0v) is 15.3. The van der Waals surface area contributed by atoms with E-state index in [2.05, 4.69) is 6.08 Å². The summed E-state index contributed by atoms with van der Waals surface area (Å²) in [5.41, 5.74) is 1.93. The second-order valence-corrected chi connectivity index (χ2v) is 8.40. The Kier molecular flexibility index (Phi) is 7.05. The maximum atomic E-state index is 6.77. The highest BCUT2D eigenvalue weighted by Gasteiger charge is 2.40. The first-order valence-electron chi connectivity index (χ1n) is 10.7. The smallest absolute Gasteiger partial charge is 0.0747 e. The fourth-order valence-corrected chi connectivity index (χ4v) is 5.26. The first-order chi connectivity index (χ1) is 11.4. The molecule has 2 aliphatic carbocycles. The van der Waals surface area contributed by atoms with Crippen LogP contribution in [-0.4, -0.2) is 12.2 Å². The third kappa shape index (κ3) is 5.08. The fraction of sp³-hybridized carbons (Fsp3) is 0.909. The molecule has 1 heterocycles. The van der Waals surface area contributed by atoms with Gasteiger partial charge in [-0.2, -0.15) is 0 Å². The zero-order chi connectivity index (χ0) is 15.8. The quantitative estimate of drug-likeness (QED) is 0.511. The predicted molar refractivity (Wildman–Crippen MR) is 98.7 cm³/mol. The van der Waals surface area contributed by atoms with E-state index >= 15 is 0 Å². The molecule has 0 aromatic carbocycles. The van der Waals surface area contributed by atoms with Gasteiger partial charge in [-0.05, 0) is 63.7 Å². The SMILES string of the molecule is C1=C(CC2(C3CCCCCCC3)CCCCCCO2)CCCC1. The van der Waals surface area contributed by atoms with E-state index in [-0.39, 0.29) is 5.60 Å². The van der Waals surface area contributed by atoms with Crippen LogP contribution in [0.4, 0.5) is 0 Å². The van der Waals surface area contributed by atoms with Crippen LogP contribution in [0, 0.1) is 5.92 Å². The molecule has 1 atom stereocenters. The van der Waals surface area contributed by atoms with E-state index in [4.69, 9.17) is 4.74 Å². The summed E-state index contributed by atoms with van der Waals surface area (Å²) in [6.45, 7) is 1.02. The summed E-state index contributed by atoms with van der Waals surface area (Å²) in [6, 6.07) is 0. The largest absolute Gasteiger partial charge is 0.374 e. The van der Waals surface area contributed by atoms with Gasteiger partial charge in [-0.25, -0.2) is 0 Å². The average Bonchev–Trinajstić information content (AvgIpc) is 2.51. The molecule has 1 aliphatic heterocycles. The maximum Gasteiger partial charge on any atom is 0.0747 e. The van der Waals surface area contributed by atoms with Crippen molar-refractivity contribution in [1.29, 1.82) is 0 Å². The Bertz CT molecular complexity index is 354. The van der Waals surface area contributed by atoms with Crippen LogP contribution in [-0.2, 0) is 4.74 Å². The summed E-state index contributed by atoms with van der Waals surface area (Å²) in [5, 5.41) is 0. The Hall–Kier alpha value is -0.300. The Morgan fingerprint density at radius 1 is 0.826 bits per heavy atom. The summed E-state index contributed by atoms with van der Waals surface area (Å²) in [7, 11) is 0. The average molecular weight is 319 g/mol. The van der Waals surface area contributed by atoms with Gasteiger partial charge < -0.3 is 4.74 Å². The van der Waals surface area contributed by atoms with Crippen molar-refractivity contribution in [3.05, 3.63) is 11.6 Å². The van der Waals surface area contributed by atoms with Crippen LogP contribution in [0.25, 0.3) is 0 Å². The molecule has 1 unspecified atom stereocenters. The molecule has 3 aliphatic rings. The molecule has 132 valence electrons. The van der Waals surface area contributed by atoms with E-state index in [9.17, 15) is 0 Å². The third-order valence-corrected chi connectivity index (χ3v) is 6.64. The minimum Gasteiger partial charge on any atom is -0.374 e. The van der Waals surface area contributed by atoms with Gasteiger partial charge in [0.1, 0.15) is 0 Å². The molecule has 0 radical (unpaired) electrons. The highest BCUT2D eigenvalue weighted by molar-refractivity contribution is 5.11. The summed E-state index contributed by atoms with van der Waals surface area (Å²) >= 11 is 0. The van der Waals surface area contributed by atoms with Crippen LogP contribution in [0.15, 0.2) is 11.6 Å². The van der Waals surface area contributed by atoms with E-state index in [1.165, 1.54) is 109 Å². The number of ether oxygens (including phenoxy) is 1. The first-order valence-corrected chi connectivity index (χ1v) is 10.7. The number of rotatable bonds is 3. The molecule has 3 rings (SSSR count). The van der Waals surface area contributed by atoms with E-state index < -0.39 is 0 Å². The summed E-state index contributed by atoms with van der Waals surface area (Å²) in [5.74, 6) is 0.823. The van der Waals surface area contributed by atoms with Crippen molar-refractivity contribution >= 4 is 0 Å². The number of hydrogen-bond acceptors (Lipinski definition) is 1. The van der Waals surface area contributed by atoms with Crippen LogP contribution in [0.3, 0.4) is 0 Å². The van der Waals surface area contributed by atoms with Crippen LogP contribution < -0.4 is 0 Å². The van der Waals surface area contributed by atoms with Crippen LogP contribution >= 0.6 is 0 Å². The Balaban J connectivity index is 1.76. The molecule has 0 aromatic heterocycles. The standard InChI is InChI=1S/C22H38O/c1-2-9-15-21(16-10-3-1)22(17-11-4-5-12-18-23-22)19-20-13-7-6-8-14-20/h13,21H,1-12,14-19H2. The van der Waals surface area contributed by atoms with Crippen LogP contribution in [0.1, 0.15) is 109 Å². The van der Waals surface area contributed by atoms with E-state index in [0.717, 1.165) is 12.5 Å². The molecule has 0 N–H and O–H groups in total. The summed E-state index contributed by atoms with van der Waals surface area (Å²) in [6.07, 6.45) is 26.2. The van der Waals surface area contributed by atoms with Gasteiger partial charge in [0.05, 0.1) is 5.60 Å². The van der Waals surface area contributed by atoms with E-state index in [1.807, 2.05) is 0 Å². The zero-order valence-electron chi connectivity index (χ0n) is 15.3. The lowest BCUT2D eigenvalue weighted by Crippen LogP contribution is -2.43. The Labute approximate surface area is 144 Å². The monoisotopic (exact) mass is 318 g/mol. The molecule has 23 heavy (non-hydrogen) atoms. The second-order valence-electron chi connectivity index (χ2n) is 8.40. The molecule has 1 heteroatoms. The van der Waals surface area contributed by atoms with Crippen molar-refractivity contribution < 1.29 is 4.74 Å². The van der Waals surface area contributed by atoms with Gasteiger partial charge in [0.2, 0.25) is 0 Å². The molecular weight excluding hydrogens is 280 g/mol. The Morgan fingerprint density at radius 2 is 1.57 bits per heavy atom. The normalized spacial score (nSPS) is 32.3. The lowest BCUT2D eigenvalue weighted by atomic mass is 9.71. The van der Waals surface area contributed by atoms with Crippen LogP contribution in [0.5, 0.6) is 0 Å². The first kappa shape index (κ1) is 17.5. The van der Waals surface area contributed by atoms with Crippen molar-refractivity contribution in [2.24, 2.45) is 5.92 Å². The molecular formula is C22H38O. The van der Waals surface area contributed by atoms with Crippen molar-refractivity contribution in [2.75, 3.05) is 6.61 Å². The molecule has 0 amide bonds. The molecule has 1 saturated carbocycles. The van der Waals surface area contributed by atoms with E-state index in [0.29, 0.717) is 0 Å². The predicted octanol–water partition coefficient (Wildman–Crippen LogP) is 6.96. The number of hydrogen-bond donors (Lipinski definition) is 0. The topological polar surface area (TPSA) is 9.23 Å². The van der Waals surface area contributed by atoms with Gasteiger partial charge in [0.25, 0.3) is 0 Å². The molecule has 0 aromatic rings. The summed E-state index contributed by atoms with van der Waals surface area (Å²) < 4.78 is 6.77. The lowest BCUT2D eigenvalue weighted by molar-refractivity contribution is -0.107. The van der Waals surface area contributed by atoms with Crippen molar-refractivity contribution in [3.63, 3.8) is 0 Å². The highest BCUT2D eigenvalue weighted by Crippen LogP contribution is 2.43. The molecule has 1 saturated heterocycles. The fourth-order valence-electron chi connectivity index (χ4n) is 5.26. The Morgan fingerprint density at radius 3 is 2.35 bits per heavy atom. The van der Waals surface area contributed by atoms with Gasteiger partial charge in [-0.3, -0.25) is 0 Å². The van der Waals surface area contributed by atoms with Gasteiger partial charge >= 0.3 is 0 Å². The van der Waals surface area contributed by atoms with Crippen molar-refractivity contribution in [1.82, 2.24) is 0 Å². The van der Waals surface area contributed by atoms with Crippen LogP contribution in [0.2, 0.25) is 0 Å². The minimum atomic E-state index is 0.195. The van der Waals surface area contributed by atoms with Crippen molar-refractivity contribution in [2.45, 2.75) is 115 Å². The van der Waals surface area contributed by atoms with Gasteiger partial charge in [0.15, 0.2) is 0 Å². The van der Waals surface area contributed by atoms with Gasteiger partial charge in [-0.1, -0.05) is 63.0 Å². The molecule has 0 spiro atoms. The molecule has 2 fully saturated rings. The van der Waals surface area contributed by atoms with E-state index in [1.54, 1.807) is 5.57 Å². The lowest BCUT2D eigenvalue weighted by Gasteiger charge is -2.44. The highest BCUT2D eigenvalue weighted by atomic mass is 16.5. The third-order valence-electron chi connectivity index (χ3n) is 6.64. The molecule has 1 nitrogen and oxygen atoms in total. The number of allylic oxidation sites excluding steroid dienone is 1. The van der Waals surface area contributed by atoms with Gasteiger partial charge in [0, 0.05) is 6.61 Å². The maximum absolute atomic E-state index is 6.77. The molecule has 0 bridgehead atoms. The minimum absolute atomic E-state index is 0.195. The summed E-state index contributed by atoms with van der Waals surface area (Å²) in [4.78, 5) is 0. The second kappa shape index (κ2) is 9.25.